The number of piperidine rings is 1. The Morgan fingerprint density at radius 2 is 2.00 bits per heavy atom. The summed E-state index contributed by atoms with van der Waals surface area (Å²) in [6, 6.07) is 17.0. The predicted octanol–water partition coefficient (Wildman–Crippen LogP) is 5.20. The quantitative estimate of drug-likeness (QED) is 0.570. The van der Waals surface area contributed by atoms with Gasteiger partial charge in [-0.2, -0.15) is 0 Å². The highest BCUT2D eigenvalue weighted by atomic mass is 35.5. The Morgan fingerprint density at radius 1 is 1.21 bits per heavy atom. The van der Waals surface area contributed by atoms with Gasteiger partial charge in [0.1, 0.15) is 6.10 Å². The van der Waals surface area contributed by atoms with Gasteiger partial charge >= 0.3 is 5.97 Å². The van der Waals surface area contributed by atoms with Crippen molar-refractivity contribution in [3.63, 3.8) is 0 Å². The van der Waals surface area contributed by atoms with Crippen molar-refractivity contribution in [2.45, 2.75) is 25.9 Å². The molecule has 2 heterocycles. The predicted molar refractivity (Wildman–Crippen MR) is 113 cm³/mol. The number of ether oxygens (including phenoxy) is 1. The van der Waals surface area contributed by atoms with Crippen LogP contribution in [-0.2, 0) is 4.74 Å². The van der Waals surface area contributed by atoms with E-state index in [1.807, 2.05) is 48.5 Å². The van der Waals surface area contributed by atoms with Crippen LogP contribution < -0.4 is 0 Å². The van der Waals surface area contributed by atoms with Gasteiger partial charge in [-0.05, 0) is 44.1 Å². The summed E-state index contributed by atoms with van der Waals surface area (Å²) >= 11 is 6.37. The molecule has 1 saturated heterocycles. The van der Waals surface area contributed by atoms with Crippen molar-refractivity contribution in [2.75, 3.05) is 19.6 Å². The highest BCUT2D eigenvalue weighted by Gasteiger charge is 2.24. The number of carbonyl (C=O) groups is 1. The van der Waals surface area contributed by atoms with Gasteiger partial charge in [-0.15, -0.1) is 0 Å². The normalized spacial score (nSPS) is 17.6. The first-order chi connectivity index (χ1) is 13.7. The maximum atomic E-state index is 13.1. The highest BCUT2D eigenvalue weighted by Crippen LogP contribution is 2.30. The molecule has 2 aromatic carbocycles. The third-order valence-corrected chi connectivity index (χ3v) is 5.60. The molecule has 1 atom stereocenters. The van der Waals surface area contributed by atoms with E-state index in [2.05, 4.69) is 11.8 Å². The largest absolute Gasteiger partial charge is 0.457 e. The van der Waals surface area contributed by atoms with E-state index >= 15 is 0 Å². The summed E-state index contributed by atoms with van der Waals surface area (Å²) < 4.78 is 5.90. The van der Waals surface area contributed by atoms with Gasteiger partial charge in [0.25, 0.3) is 0 Å². The van der Waals surface area contributed by atoms with Gasteiger partial charge in [0.2, 0.25) is 0 Å². The van der Waals surface area contributed by atoms with Crippen LogP contribution >= 0.6 is 11.6 Å². The van der Waals surface area contributed by atoms with Crippen LogP contribution in [-0.4, -0.2) is 41.6 Å². The molecule has 0 N–H and O–H groups in total. The monoisotopic (exact) mass is 394 g/mol. The summed E-state index contributed by atoms with van der Waals surface area (Å²) in [7, 11) is 0. The number of likely N-dealkylation sites (N-methyl/N-ethyl adjacent to an activating group) is 1. The van der Waals surface area contributed by atoms with Crippen LogP contribution in [0.3, 0.4) is 0 Å². The number of para-hydroxylation sites is 1. The molecular formula is C23H23ClN2O2. The van der Waals surface area contributed by atoms with Crippen LogP contribution in [0.15, 0.2) is 54.6 Å². The molecule has 0 bridgehead atoms. The molecule has 4 rings (SSSR count). The van der Waals surface area contributed by atoms with Crippen molar-refractivity contribution in [3.05, 3.63) is 65.2 Å². The van der Waals surface area contributed by atoms with Crippen molar-refractivity contribution < 1.29 is 9.53 Å². The number of hydrogen-bond donors (Lipinski definition) is 0. The SMILES string of the molecule is CCN1CCCC(OC(=O)c2cc(-c3ccccc3Cl)nc3ccccc23)C1. The van der Waals surface area contributed by atoms with Gasteiger partial charge in [0, 0.05) is 22.5 Å². The average molecular weight is 395 g/mol. The van der Waals surface area contributed by atoms with Crippen LogP contribution in [0.2, 0.25) is 5.02 Å². The molecule has 1 aliphatic heterocycles. The highest BCUT2D eigenvalue weighted by molar-refractivity contribution is 6.33. The lowest BCUT2D eigenvalue weighted by Gasteiger charge is -2.31. The van der Waals surface area contributed by atoms with Crippen molar-refractivity contribution in [1.29, 1.82) is 0 Å². The number of nitrogens with zero attached hydrogens (tertiary/aromatic N) is 2. The van der Waals surface area contributed by atoms with Crippen molar-refractivity contribution in [3.8, 4) is 11.3 Å². The lowest BCUT2D eigenvalue weighted by molar-refractivity contribution is 0.00794. The lowest BCUT2D eigenvalue weighted by atomic mass is 10.0. The molecule has 1 fully saturated rings. The van der Waals surface area contributed by atoms with E-state index in [0.717, 1.165) is 48.9 Å². The van der Waals surface area contributed by atoms with Crippen molar-refractivity contribution in [2.24, 2.45) is 0 Å². The van der Waals surface area contributed by atoms with Gasteiger partial charge in [-0.3, -0.25) is 4.90 Å². The second kappa shape index (κ2) is 8.29. The number of rotatable bonds is 4. The molecular weight excluding hydrogens is 372 g/mol. The number of hydrogen-bond acceptors (Lipinski definition) is 4. The molecule has 4 nitrogen and oxygen atoms in total. The van der Waals surface area contributed by atoms with Gasteiger partial charge < -0.3 is 4.74 Å². The van der Waals surface area contributed by atoms with Gasteiger partial charge in [0.05, 0.1) is 16.8 Å². The number of likely N-dealkylation sites (tertiary alicyclic amines) is 1. The molecule has 28 heavy (non-hydrogen) atoms. The van der Waals surface area contributed by atoms with E-state index in [-0.39, 0.29) is 12.1 Å². The smallest absolute Gasteiger partial charge is 0.339 e. The first-order valence-corrected chi connectivity index (χ1v) is 10.1. The van der Waals surface area contributed by atoms with Crippen LogP contribution in [0.25, 0.3) is 22.2 Å². The number of halogens is 1. The summed E-state index contributed by atoms with van der Waals surface area (Å²) in [4.78, 5) is 20.1. The maximum Gasteiger partial charge on any atom is 0.339 e. The Bertz CT molecular complexity index is 1000. The van der Waals surface area contributed by atoms with E-state index in [9.17, 15) is 4.79 Å². The molecule has 144 valence electrons. The Kier molecular flexibility index (Phi) is 5.60. The Hall–Kier alpha value is -2.43. The zero-order valence-electron chi connectivity index (χ0n) is 15.9. The van der Waals surface area contributed by atoms with E-state index in [4.69, 9.17) is 21.3 Å². The molecule has 0 amide bonds. The van der Waals surface area contributed by atoms with E-state index < -0.39 is 0 Å². The Labute approximate surface area is 170 Å². The fraction of sp³-hybridized carbons (Fsp3) is 0.304. The minimum Gasteiger partial charge on any atom is -0.457 e. The van der Waals surface area contributed by atoms with E-state index in [1.54, 1.807) is 6.07 Å². The molecule has 0 aliphatic carbocycles. The number of fused-ring (bicyclic) bond motifs is 1. The molecule has 1 unspecified atom stereocenters. The number of carbonyl (C=O) groups excluding carboxylic acids is 1. The molecule has 0 spiro atoms. The average Bonchev–Trinajstić information content (AvgIpc) is 2.73. The fourth-order valence-electron chi connectivity index (χ4n) is 3.76. The zero-order chi connectivity index (χ0) is 19.5. The second-order valence-electron chi connectivity index (χ2n) is 7.11. The molecule has 5 heteroatoms. The molecule has 1 aromatic heterocycles. The Balaban J connectivity index is 1.71. The van der Waals surface area contributed by atoms with E-state index in [1.165, 1.54) is 0 Å². The third-order valence-electron chi connectivity index (χ3n) is 5.27. The maximum absolute atomic E-state index is 13.1. The molecule has 0 radical (unpaired) electrons. The summed E-state index contributed by atoms with van der Waals surface area (Å²) in [5, 5.41) is 1.40. The van der Waals surface area contributed by atoms with Crippen LogP contribution in [0, 0.1) is 0 Å². The molecule has 3 aromatic rings. The fourth-order valence-corrected chi connectivity index (χ4v) is 4.00. The van der Waals surface area contributed by atoms with Gasteiger partial charge in [0.15, 0.2) is 0 Å². The minimum atomic E-state index is -0.296. The second-order valence-corrected chi connectivity index (χ2v) is 7.52. The molecule has 1 aliphatic rings. The standard InChI is InChI=1S/C23H23ClN2O2/c1-2-26-13-7-8-16(15-26)28-23(27)19-14-22(18-10-3-5-11-20(18)24)25-21-12-6-4-9-17(19)21/h3-6,9-12,14,16H,2,7-8,13,15H2,1H3. The summed E-state index contributed by atoms with van der Waals surface area (Å²) in [6.45, 7) is 4.97. The topological polar surface area (TPSA) is 42.4 Å². The summed E-state index contributed by atoms with van der Waals surface area (Å²) in [5.41, 5.74) is 2.77. The Morgan fingerprint density at radius 3 is 2.82 bits per heavy atom. The summed E-state index contributed by atoms with van der Waals surface area (Å²) in [6.07, 6.45) is 1.88. The van der Waals surface area contributed by atoms with E-state index in [0.29, 0.717) is 16.3 Å². The van der Waals surface area contributed by atoms with Gasteiger partial charge in [-0.1, -0.05) is 54.9 Å². The van der Waals surface area contributed by atoms with Crippen LogP contribution in [0.4, 0.5) is 0 Å². The summed E-state index contributed by atoms with van der Waals surface area (Å²) in [5.74, 6) is -0.296. The first-order valence-electron chi connectivity index (χ1n) is 9.73. The number of aromatic nitrogens is 1. The number of esters is 1. The van der Waals surface area contributed by atoms with Crippen molar-refractivity contribution in [1.82, 2.24) is 9.88 Å². The first kappa shape index (κ1) is 18.9. The zero-order valence-corrected chi connectivity index (χ0v) is 16.7. The number of pyridine rings is 1. The minimum absolute atomic E-state index is 0.0723. The number of benzene rings is 2. The molecule has 0 saturated carbocycles. The van der Waals surface area contributed by atoms with Crippen LogP contribution in [0.5, 0.6) is 0 Å². The third kappa shape index (κ3) is 3.89. The van der Waals surface area contributed by atoms with Crippen LogP contribution in [0.1, 0.15) is 30.1 Å². The van der Waals surface area contributed by atoms with Crippen molar-refractivity contribution >= 4 is 28.5 Å². The van der Waals surface area contributed by atoms with Gasteiger partial charge in [-0.25, -0.2) is 9.78 Å². The lowest BCUT2D eigenvalue weighted by Crippen LogP contribution is -2.40.